The van der Waals surface area contributed by atoms with Gasteiger partial charge in [0.05, 0.1) is 44.6 Å². The maximum atomic E-state index is 13.1. The summed E-state index contributed by atoms with van der Waals surface area (Å²) in [5.41, 5.74) is 2.75. The van der Waals surface area contributed by atoms with Crippen molar-refractivity contribution in [1.82, 2.24) is 20.2 Å². The molecule has 2 aromatic carbocycles. The van der Waals surface area contributed by atoms with Crippen molar-refractivity contribution in [3.63, 3.8) is 0 Å². The molecule has 0 bridgehead atoms. The highest BCUT2D eigenvalue weighted by molar-refractivity contribution is 6.06. The molecular weight excluding hydrogens is 657 g/mol. The van der Waals surface area contributed by atoms with Gasteiger partial charge in [0.2, 0.25) is 0 Å². The summed E-state index contributed by atoms with van der Waals surface area (Å²) in [6.07, 6.45) is 2.35. The Morgan fingerprint density at radius 1 is 0.980 bits per heavy atom. The molecule has 0 radical (unpaired) electrons. The number of rotatable bonds is 14. The van der Waals surface area contributed by atoms with Gasteiger partial charge in [-0.15, -0.1) is 0 Å². The molecule has 3 aromatic heterocycles. The first kappa shape index (κ1) is 35.3. The number of H-pyrrole nitrogens is 1. The van der Waals surface area contributed by atoms with Gasteiger partial charge in [-0.25, -0.2) is 14.8 Å². The van der Waals surface area contributed by atoms with Crippen molar-refractivity contribution in [2.24, 2.45) is 0 Å². The summed E-state index contributed by atoms with van der Waals surface area (Å²) in [5.74, 6) is 0.498. The standard InChI is InChI=1S/C35H33F3N6O6/c1-47-26-12-11-23(27(17-26)48-2)18-40-33-30-31(43-44-32(30)24(19-41-33)6-4-5-15-50-20-29(45)49-3)21-7-9-22(10-8-21)34(46)42-28-16-25(13-14-39-28)35(36,37)38/h4,6-14,16-17,19H,5,15,18,20H2,1-3H3,(H,40,41)(H,43,44)(H,39,42,46)/b6-4+. The second kappa shape index (κ2) is 16.0. The number of aromatic nitrogens is 4. The third-order valence-electron chi connectivity index (χ3n) is 7.49. The van der Waals surface area contributed by atoms with Gasteiger partial charge in [-0.05, 0) is 42.8 Å². The second-order valence-corrected chi connectivity index (χ2v) is 10.7. The van der Waals surface area contributed by atoms with Gasteiger partial charge in [0, 0.05) is 47.3 Å². The first-order chi connectivity index (χ1) is 24.1. The summed E-state index contributed by atoms with van der Waals surface area (Å²) in [5, 5.41) is 14.1. The normalized spacial score (nSPS) is 11.5. The third-order valence-corrected chi connectivity index (χ3v) is 7.49. The molecule has 0 atom stereocenters. The molecule has 3 N–H and O–H groups in total. The highest BCUT2D eigenvalue weighted by Gasteiger charge is 2.31. The molecule has 0 fully saturated rings. The van der Waals surface area contributed by atoms with Crippen molar-refractivity contribution in [2.75, 3.05) is 45.2 Å². The number of benzene rings is 2. The number of fused-ring (bicyclic) bond motifs is 1. The minimum absolute atomic E-state index is 0.138. The van der Waals surface area contributed by atoms with E-state index in [1.54, 1.807) is 50.7 Å². The van der Waals surface area contributed by atoms with E-state index in [2.05, 4.69) is 30.6 Å². The first-order valence-electron chi connectivity index (χ1n) is 15.2. The number of halogens is 3. The lowest BCUT2D eigenvalue weighted by atomic mass is 10.0. The third kappa shape index (κ3) is 8.54. The fraction of sp³-hybridized carbons (Fsp3) is 0.229. The number of hydrogen-bond acceptors (Lipinski definition) is 10. The van der Waals surface area contributed by atoms with Crippen LogP contribution in [0.5, 0.6) is 11.5 Å². The molecule has 12 nitrogen and oxygen atoms in total. The maximum absolute atomic E-state index is 13.1. The molecule has 0 saturated heterocycles. The molecule has 5 aromatic rings. The predicted octanol–water partition coefficient (Wildman–Crippen LogP) is 6.51. The van der Waals surface area contributed by atoms with Crippen molar-refractivity contribution >= 4 is 40.5 Å². The second-order valence-electron chi connectivity index (χ2n) is 10.7. The Balaban J connectivity index is 1.42. The van der Waals surface area contributed by atoms with E-state index in [9.17, 15) is 22.8 Å². The van der Waals surface area contributed by atoms with E-state index < -0.39 is 23.6 Å². The summed E-state index contributed by atoms with van der Waals surface area (Å²) in [6, 6.07) is 13.6. The summed E-state index contributed by atoms with van der Waals surface area (Å²) in [4.78, 5) is 32.7. The topological polar surface area (TPSA) is 150 Å². The number of nitrogens with zero attached hydrogens (tertiary/aromatic N) is 3. The van der Waals surface area contributed by atoms with E-state index in [1.807, 2.05) is 24.3 Å². The Morgan fingerprint density at radius 3 is 2.50 bits per heavy atom. The Morgan fingerprint density at radius 2 is 1.78 bits per heavy atom. The minimum atomic E-state index is -4.57. The van der Waals surface area contributed by atoms with Crippen LogP contribution in [0.1, 0.15) is 33.5 Å². The van der Waals surface area contributed by atoms with Crippen LogP contribution in [0.25, 0.3) is 28.2 Å². The van der Waals surface area contributed by atoms with Crippen LogP contribution < -0.4 is 20.1 Å². The molecule has 50 heavy (non-hydrogen) atoms. The molecule has 0 aliphatic heterocycles. The molecule has 0 saturated carbocycles. The van der Waals surface area contributed by atoms with E-state index in [1.165, 1.54) is 7.11 Å². The zero-order valence-electron chi connectivity index (χ0n) is 27.3. The zero-order chi connectivity index (χ0) is 35.7. The van der Waals surface area contributed by atoms with Crippen LogP contribution in [0.15, 0.2) is 73.1 Å². The number of carbonyl (C=O) groups excluding carboxylic acids is 2. The van der Waals surface area contributed by atoms with Crippen LogP contribution >= 0.6 is 0 Å². The van der Waals surface area contributed by atoms with Gasteiger partial charge in [-0.1, -0.05) is 24.3 Å². The average molecular weight is 691 g/mol. The number of alkyl halides is 3. The molecule has 0 spiro atoms. The number of carbonyl (C=O) groups is 2. The number of esters is 1. The van der Waals surface area contributed by atoms with Gasteiger partial charge >= 0.3 is 12.1 Å². The first-order valence-corrected chi connectivity index (χ1v) is 15.2. The number of ether oxygens (including phenoxy) is 4. The smallest absolute Gasteiger partial charge is 0.416 e. The Bertz CT molecular complexity index is 2000. The molecule has 0 aliphatic rings. The molecule has 3 heterocycles. The van der Waals surface area contributed by atoms with Gasteiger partial charge in [0.1, 0.15) is 35.3 Å². The number of hydrogen-bond donors (Lipinski definition) is 3. The average Bonchev–Trinajstić information content (AvgIpc) is 3.58. The number of nitrogens with one attached hydrogen (secondary N) is 3. The van der Waals surface area contributed by atoms with Crippen molar-refractivity contribution in [2.45, 2.75) is 19.1 Å². The van der Waals surface area contributed by atoms with E-state index >= 15 is 0 Å². The Kier molecular flexibility index (Phi) is 11.3. The number of pyridine rings is 2. The predicted molar refractivity (Wildman–Crippen MR) is 180 cm³/mol. The monoisotopic (exact) mass is 690 g/mol. The van der Waals surface area contributed by atoms with Crippen LogP contribution in [0.4, 0.5) is 24.8 Å². The SMILES string of the molecule is COC(=O)COCC/C=C/c1cnc(NCc2ccc(OC)cc2OC)c2c(-c3ccc(C(=O)Nc4cc(C(F)(F)F)ccn4)cc3)[nH]nc12. The van der Waals surface area contributed by atoms with Gasteiger partial charge in [0.15, 0.2) is 0 Å². The van der Waals surface area contributed by atoms with Crippen LogP contribution in [0.2, 0.25) is 0 Å². The maximum Gasteiger partial charge on any atom is 0.416 e. The minimum Gasteiger partial charge on any atom is -0.497 e. The van der Waals surface area contributed by atoms with Crippen molar-refractivity contribution in [3.05, 3.63) is 95.3 Å². The van der Waals surface area contributed by atoms with Gasteiger partial charge < -0.3 is 29.6 Å². The van der Waals surface area contributed by atoms with Crippen LogP contribution in [-0.2, 0) is 27.0 Å². The summed E-state index contributed by atoms with van der Waals surface area (Å²) < 4.78 is 60.1. The molecule has 1 amide bonds. The van der Waals surface area contributed by atoms with Crippen molar-refractivity contribution in [3.8, 4) is 22.8 Å². The zero-order valence-corrected chi connectivity index (χ0v) is 27.3. The molecular formula is C35H33F3N6O6. The molecule has 260 valence electrons. The quantitative estimate of drug-likeness (QED) is 0.0869. The van der Waals surface area contributed by atoms with E-state index in [4.69, 9.17) is 19.2 Å². The highest BCUT2D eigenvalue weighted by atomic mass is 19.4. The number of methoxy groups -OCH3 is 3. The van der Waals surface area contributed by atoms with Crippen molar-refractivity contribution in [1.29, 1.82) is 0 Å². The Hall–Kier alpha value is -5.96. The fourth-order valence-corrected chi connectivity index (χ4v) is 4.91. The van der Waals surface area contributed by atoms with Crippen molar-refractivity contribution < 1.29 is 41.7 Å². The number of amides is 1. The van der Waals surface area contributed by atoms with Gasteiger partial charge in [-0.2, -0.15) is 18.3 Å². The van der Waals surface area contributed by atoms with Gasteiger partial charge in [-0.3, -0.25) is 9.89 Å². The number of aromatic amines is 1. The summed E-state index contributed by atoms with van der Waals surface area (Å²) >= 11 is 0. The lowest BCUT2D eigenvalue weighted by Crippen LogP contribution is -2.14. The lowest BCUT2D eigenvalue weighted by molar-refractivity contribution is -0.145. The molecule has 0 unspecified atom stereocenters. The van der Waals surface area contributed by atoms with E-state index in [-0.39, 0.29) is 18.0 Å². The van der Waals surface area contributed by atoms with Crippen LogP contribution in [0, 0.1) is 0 Å². The van der Waals surface area contributed by atoms with E-state index in [0.717, 1.165) is 23.9 Å². The van der Waals surface area contributed by atoms with Crippen LogP contribution in [0.3, 0.4) is 0 Å². The lowest BCUT2D eigenvalue weighted by Gasteiger charge is -2.13. The van der Waals surface area contributed by atoms with Gasteiger partial charge in [0.25, 0.3) is 5.91 Å². The summed E-state index contributed by atoms with van der Waals surface area (Å²) in [7, 11) is 4.44. The number of anilines is 2. The molecule has 0 aliphatic carbocycles. The molecule has 15 heteroatoms. The Labute approximate surface area is 284 Å². The highest BCUT2D eigenvalue weighted by Crippen LogP contribution is 2.35. The summed E-state index contributed by atoms with van der Waals surface area (Å²) in [6.45, 7) is 0.525. The van der Waals surface area contributed by atoms with E-state index in [0.29, 0.717) is 64.6 Å². The van der Waals surface area contributed by atoms with Crippen LogP contribution in [-0.4, -0.2) is 66.6 Å². The fourth-order valence-electron chi connectivity index (χ4n) is 4.91. The largest absolute Gasteiger partial charge is 0.497 e. The molecule has 5 rings (SSSR count).